The Morgan fingerprint density at radius 3 is 2.71 bits per heavy atom. The second-order valence-electron chi connectivity index (χ2n) is 6.88. The van der Waals surface area contributed by atoms with Crippen molar-refractivity contribution < 1.29 is 9.84 Å². The summed E-state index contributed by atoms with van der Waals surface area (Å²) in [6.45, 7) is 10.3. The van der Waals surface area contributed by atoms with Crippen LogP contribution in [0.3, 0.4) is 0 Å². The normalized spacial score (nSPS) is 15.8. The predicted molar refractivity (Wildman–Crippen MR) is 99.6 cm³/mol. The van der Waals surface area contributed by atoms with Crippen molar-refractivity contribution in [3.05, 3.63) is 23.8 Å². The van der Waals surface area contributed by atoms with Crippen LogP contribution in [-0.4, -0.2) is 41.2 Å². The van der Waals surface area contributed by atoms with Crippen molar-refractivity contribution in [2.75, 3.05) is 25.1 Å². The number of rotatable bonds is 4. The van der Waals surface area contributed by atoms with Crippen LogP contribution in [0, 0.1) is 0 Å². The fourth-order valence-corrected chi connectivity index (χ4v) is 3.33. The molecule has 5 heteroatoms. The first-order valence-corrected chi connectivity index (χ1v) is 8.74. The molecule has 1 aromatic heterocycles. The molecule has 0 amide bonds. The first-order chi connectivity index (χ1) is 11.5. The molecule has 0 fully saturated rings. The lowest BCUT2D eigenvalue weighted by Crippen LogP contribution is -2.09. The summed E-state index contributed by atoms with van der Waals surface area (Å²) in [6, 6.07) is 6.81. The molecule has 0 aliphatic carbocycles. The molecule has 1 aliphatic rings. The number of nitrogens with zero attached hydrogens (tertiary/aromatic N) is 2. The molecule has 2 N–H and O–H groups in total. The second kappa shape index (κ2) is 6.85. The molecule has 130 valence electrons. The monoisotopic (exact) mass is 329 g/mol. The quantitative estimate of drug-likeness (QED) is 0.892. The molecule has 2 heterocycles. The zero-order valence-electron chi connectivity index (χ0n) is 15.0. The number of benzene rings is 1. The molecule has 5 nitrogen and oxygen atoms in total. The number of aromatic nitrogens is 1. The van der Waals surface area contributed by atoms with Gasteiger partial charge >= 0.3 is 0 Å². The average Bonchev–Trinajstić information content (AvgIpc) is 2.66. The highest BCUT2D eigenvalue weighted by atomic mass is 16.5. The van der Waals surface area contributed by atoms with Crippen molar-refractivity contribution >= 4 is 22.3 Å². The van der Waals surface area contributed by atoms with Gasteiger partial charge in [-0.2, -0.15) is 0 Å². The maximum atomic E-state index is 10.9. The van der Waals surface area contributed by atoms with Gasteiger partial charge in [0.25, 0.3) is 0 Å². The summed E-state index contributed by atoms with van der Waals surface area (Å²) in [5.41, 5.74) is 3.90. The average molecular weight is 329 g/mol. The molecular weight excluding hydrogens is 302 g/mol. The van der Waals surface area contributed by atoms with E-state index in [1.165, 1.54) is 0 Å². The maximum absolute atomic E-state index is 10.9. The molecule has 0 unspecified atom stereocenters. The largest absolute Gasteiger partial charge is 0.494 e. The highest BCUT2D eigenvalue weighted by molar-refractivity contribution is 6.14. The summed E-state index contributed by atoms with van der Waals surface area (Å²) in [7, 11) is 0. The van der Waals surface area contributed by atoms with Gasteiger partial charge in [0.2, 0.25) is 5.88 Å². The zero-order valence-corrected chi connectivity index (χ0v) is 15.0. The second-order valence-corrected chi connectivity index (χ2v) is 6.88. The van der Waals surface area contributed by atoms with Crippen LogP contribution in [-0.2, 0) is 4.74 Å². The molecule has 0 atom stereocenters. The van der Waals surface area contributed by atoms with Gasteiger partial charge < -0.3 is 19.7 Å². The Morgan fingerprint density at radius 1 is 1.21 bits per heavy atom. The van der Waals surface area contributed by atoms with Gasteiger partial charge in [-0.1, -0.05) is 0 Å². The Hall–Kier alpha value is -2.01. The number of nitrogens with one attached hydrogen (secondary N) is 1. The van der Waals surface area contributed by atoms with E-state index in [2.05, 4.69) is 56.2 Å². The van der Waals surface area contributed by atoms with Gasteiger partial charge in [-0.05, 0) is 45.9 Å². The Bertz CT molecular complexity index is 760. The van der Waals surface area contributed by atoms with Crippen LogP contribution in [0.5, 0.6) is 5.88 Å². The van der Waals surface area contributed by atoms with E-state index in [1.807, 2.05) is 4.57 Å². The van der Waals surface area contributed by atoms with E-state index in [-0.39, 0.29) is 6.04 Å². The molecule has 2 aromatic rings. The Kier molecular flexibility index (Phi) is 4.81. The third-order valence-corrected chi connectivity index (χ3v) is 4.26. The topological polar surface area (TPSA) is 58.8 Å². The first-order valence-electron chi connectivity index (χ1n) is 8.74. The van der Waals surface area contributed by atoms with E-state index in [0.717, 1.165) is 34.3 Å². The third kappa shape index (κ3) is 3.13. The van der Waals surface area contributed by atoms with Crippen molar-refractivity contribution in [2.24, 2.45) is 4.99 Å². The van der Waals surface area contributed by atoms with E-state index in [4.69, 9.17) is 4.74 Å². The lowest BCUT2D eigenvalue weighted by atomic mass is 10.1. The van der Waals surface area contributed by atoms with Crippen LogP contribution in [0.4, 0.5) is 5.69 Å². The maximum Gasteiger partial charge on any atom is 0.201 e. The minimum atomic E-state index is 0.174. The minimum Gasteiger partial charge on any atom is -0.494 e. The number of anilines is 1. The highest BCUT2D eigenvalue weighted by Gasteiger charge is 2.23. The van der Waals surface area contributed by atoms with E-state index in [0.29, 0.717) is 31.7 Å². The lowest BCUT2D eigenvalue weighted by molar-refractivity contribution is 0.153. The molecule has 0 saturated carbocycles. The third-order valence-electron chi connectivity index (χ3n) is 4.26. The van der Waals surface area contributed by atoms with Gasteiger partial charge in [-0.15, -0.1) is 0 Å². The number of hydrogen-bond donors (Lipinski definition) is 2. The van der Waals surface area contributed by atoms with Crippen LogP contribution in [0.1, 0.15) is 45.7 Å². The SMILES string of the molecule is CC(C)Nc1ccc2c(c1)c(C1=NCCOCC1)c(O)n2C(C)C. The summed E-state index contributed by atoms with van der Waals surface area (Å²) >= 11 is 0. The van der Waals surface area contributed by atoms with Crippen LogP contribution < -0.4 is 5.32 Å². The predicted octanol–water partition coefficient (Wildman–Crippen LogP) is 3.96. The lowest BCUT2D eigenvalue weighted by Gasteiger charge is -2.12. The molecule has 1 aliphatic heterocycles. The number of fused-ring (bicyclic) bond motifs is 1. The molecule has 24 heavy (non-hydrogen) atoms. The Labute approximate surface area is 143 Å². The summed E-state index contributed by atoms with van der Waals surface area (Å²) < 4.78 is 7.50. The van der Waals surface area contributed by atoms with Crippen molar-refractivity contribution in [1.29, 1.82) is 0 Å². The standard InChI is InChI=1S/C19H27N3O2/c1-12(2)21-14-5-6-17-15(11-14)18(19(23)22(17)13(3)4)16-7-9-24-10-8-20-16/h5-6,11-13,21,23H,7-10H2,1-4H3. The summed E-state index contributed by atoms with van der Waals surface area (Å²) in [6.07, 6.45) is 0.729. The van der Waals surface area contributed by atoms with Gasteiger partial charge in [0.05, 0.1) is 36.6 Å². The van der Waals surface area contributed by atoms with Crippen LogP contribution in [0.15, 0.2) is 23.2 Å². The number of hydrogen-bond acceptors (Lipinski definition) is 4. The number of aromatic hydroxyl groups is 1. The summed E-state index contributed by atoms with van der Waals surface area (Å²) in [5, 5.41) is 15.4. The highest BCUT2D eigenvalue weighted by Crippen LogP contribution is 2.37. The van der Waals surface area contributed by atoms with Crippen molar-refractivity contribution in [1.82, 2.24) is 4.57 Å². The minimum absolute atomic E-state index is 0.174. The van der Waals surface area contributed by atoms with Gasteiger partial charge in [0, 0.05) is 29.6 Å². The van der Waals surface area contributed by atoms with Crippen LogP contribution in [0.25, 0.3) is 10.9 Å². The molecular formula is C19H27N3O2. The molecule has 1 aromatic carbocycles. The number of ether oxygens (including phenoxy) is 1. The van der Waals surface area contributed by atoms with E-state index < -0.39 is 0 Å². The zero-order chi connectivity index (χ0) is 17.3. The molecule has 3 rings (SSSR count). The van der Waals surface area contributed by atoms with Gasteiger partial charge in [-0.3, -0.25) is 4.99 Å². The van der Waals surface area contributed by atoms with E-state index >= 15 is 0 Å². The van der Waals surface area contributed by atoms with Crippen molar-refractivity contribution in [3.8, 4) is 5.88 Å². The van der Waals surface area contributed by atoms with Crippen LogP contribution >= 0.6 is 0 Å². The van der Waals surface area contributed by atoms with E-state index in [9.17, 15) is 5.11 Å². The summed E-state index contributed by atoms with van der Waals surface area (Å²) in [5.74, 6) is 0.308. The van der Waals surface area contributed by atoms with Crippen LogP contribution in [0.2, 0.25) is 0 Å². The molecule has 0 radical (unpaired) electrons. The fourth-order valence-electron chi connectivity index (χ4n) is 3.33. The van der Waals surface area contributed by atoms with Gasteiger partial charge in [-0.25, -0.2) is 0 Å². The summed E-state index contributed by atoms with van der Waals surface area (Å²) in [4.78, 5) is 4.67. The molecule has 0 spiro atoms. The Balaban J connectivity index is 2.21. The van der Waals surface area contributed by atoms with Gasteiger partial charge in [0.1, 0.15) is 0 Å². The fraction of sp³-hybridized carbons (Fsp3) is 0.526. The van der Waals surface area contributed by atoms with Crippen molar-refractivity contribution in [2.45, 2.75) is 46.2 Å². The Morgan fingerprint density at radius 2 is 2.00 bits per heavy atom. The smallest absolute Gasteiger partial charge is 0.201 e. The first kappa shape index (κ1) is 16.8. The molecule has 0 saturated heterocycles. The molecule has 0 bridgehead atoms. The van der Waals surface area contributed by atoms with Gasteiger partial charge in [0.15, 0.2) is 0 Å². The van der Waals surface area contributed by atoms with E-state index in [1.54, 1.807) is 0 Å². The number of aliphatic imine (C=N–C) groups is 1. The van der Waals surface area contributed by atoms with Crippen molar-refractivity contribution in [3.63, 3.8) is 0 Å².